The van der Waals surface area contributed by atoms with E-state index in [0.717, 1.165) is 25.7 Å². The summed E-state index contributed by atoms with van der Waals surface area (Å²) in [5, 5.41) is 62.4. The first-order valence-corrected chi connectivity index (χ1v) is 12.0. The number of aromatic hydroxyl groups is 4. The Balaban J connectivity index is 1.52. The van der Waals surface area contributed by atoms with Gasteiger partial charge in [0.1, 0.15) is 23.3 Å². The molecule has 38 heavy (non-hydrogen) atoms. The van der Waals surface area contributed by atoms with Crippen molar-refractivity contribution in [3.05, 3.63) is 58.7 Å². The number of carbonyl (C=O) groups excluding carboxylic acids is 2. The molecule has 1 fully saturated rings. The summed E-state index contributed by atoms with van der Waals surface area (Å²) in [5.74, 6) is -2.09. The molecule has 10 heteroatoms. The first-order chi connectivity index (χ1) is 18.2. The van der Waals surface area contributed by atoms with Crippen molar-refractivity contribution < 1.29 is 30.0 Å². The summed E-state index contributed by atoms with van der Waals surface area (Å²) < 4.78 is 0. The van der Waals surface area contributed by atoms with Crippen molar-refractivity contribution in [1.82, 2.24) is 10.6 Å². The molecule has 0 radical (unpaired) electrons. The summed E-state index contributed by atoms with van der Waals surface area (Å²) in [6.45, 7) is 0.716. The topological polar surface area (TPSA) is 187 Å². The third kappa shape index (κ3) is 7.52. The molecule has 0 spiro atoms. The van der Waals surface area contributed by atoms with Crippen LogP contribution >= 0.6 is 0 Å². The van der Waals surface area contributed by atoms with Crippen LogP contribution in [0.1, 0.15) is 36.8 Å². The molecule has 2 unspecified atom stereocenters. The van der Waals surface area contributed by atoms with Crippen molar-refractivity contribution >= 4 is 24.0 Å². The van der Waals surface area contributed by atoms with E-state index in [1.807, 2.05) is 12.1 Å². The standard InChI is InChI=1S/C28H28N4O6/c29-13-21(9-17-4-6-23(33)25(35)11-17)27(37)31-15-19-2-1-3-20(8-19)16-32-28(38)22(14-30)10-18-5-7-24(34)26(36)12-18/h4-7,9-12,19-20,33-36H,1-3,8,15-16H2,(H,31,37)(H,32,38)/b21-9+,22-10+. The number of amides is 2. The molecule has 2 aromatic rings. The fraction of sp³-hybridized carbons (Fsp3) is 0.286. The molecule has 0 bridgehead atoms. The van der Waals surface area contributed by atoms with E-state index in [0.29, 0.717) is 24.2 Å². The molecule has 196 valence electrons. The number of phenolic OH excluding ortho intramolecular Hbond substituents is 4. The second-order valence-electron chi connectivity index (χ2n) is 9.15. The van der Waals surface area contributed by atoms with Crippen molar-refractivity contribution in [1.29, 1.82) is 10.5 Å². The van der Waals surface area contributed by atoms with E-state index in [1.165, 1.54) is 48.6 Å². The van der Waals surface area contributed by atoms with Gasteiger partial charge in [-0.05, 0) is 78.6 Å². The van der Waals surface area contributed by atoms with Gasteiger partial charge >= 0.3 is 0 Å². The minimum atomic E-state index is -0.542. The van der Waals surface area contributed by atoms with Crippen LogP contribution in [0.15, 0.2) is 47.5 Å². The molecule has 10 nitrogen and oxygen atoms in total. The van der Waals surface area contributed by atoms with Gasteiger partial charge in [-0.15, -0.1) is 0 Å². The Morgan fingerprint density at radius 1 is 0.763 bits per heavy atom. The lowest BCUT2D eigenvalue weighted by Crippen LogP contribution is -2.36. The van der Waals surface area contributed by atoms with E-state index in [4.69, 9.17) is 0 Å². The number of nitriles is 2. The van der Waals surface area contributed by atoms with Crippen molar-refractivity contribution in [3.63, 3.8) is 0 Å². The van der Waals surface area contributed by atoms with Crippen LogP contribution in [0.4, 0.5) is 0 Å². The van der Waals surface area contributed by atoms with Gasteiger partial charge in [-0.1, -0.05) is 18.6 Å². The Labute approximate surface area is 219 Å². The zero-order valence-corrected chi connectivity index (χ0v) is 20.5. The van der Waals surface area contributed by atoms with Crippen molar-refractivity contribution in [2.75, 3.05) is 13.1 Å². The summed E-state index contributed by atoms with van der Waals surface area (Å²) >= 11 is 0. The molecule has 0 saturated heterocycles. The van der Waals surface area contributed by atoms with Gasteiger partial charge in [-0.25, -0.2) is 0 Å². The lowest BCUT2D eigenvalue weighted by molar-refractivity contribution is -0.117. The number of benzene rings is 2. The van der Waals surface area contributed by atoms with E-state index in [2.05, 4.69) is 10.6 Å². The van der Waals surface area contributed by atoms with E-state index >= 15 is 0 Å². The molecular formula is C28H28N4O6. The van der Waals surface area contributed by atoms with E-state index in [-0.39, 0.29) is 46.0 Å². The number of nitrogens with one attached hydrogen (secondary N) is 2. The van der Waals surface area contributed by atoms with Gasteiger partial charge in [0.15, 0.2) is 23.0 Å². The van der Waals surface area contributed by atoms with Crippen molar-refractivity contribution in [3.8, 4) is 35.1 Å². The summed E-state index contributed by atoms with van der Waals surface area (Å²) in [4.78, 5) is 25.1. The molecule has 1 saturated carbocycles. The Morgan fingerprint density at radius 3 is 1.55 bits per heavy atom. The predicted molar refractivity (Wildman–Crippen MR) is 138 cm³/mol. The second-order valence-corrected chi connectivity index (χ2v) is 9.15. The summed E-state index contributed by atoms with van der Waals surface area (Å²) in [6, 6.07) is 11.7. The fourth-order valence-corrected chi connectivity index (χ4v) is 4.33. The summed E-state index contributed by atoms with van der Waals surface area (Å²) in [7, 11) is 0. The van der Waals surface area contributed by atoms with Crippen LogP contribution in [0.2, 0.25) is 0 Å². The van der Waals surface area contributed by atoms with Gasteiger partial charge in [0, 0.05) is 13.1 Å². The second kappa shape index (κ2) is 12.8. The Bertz CT molecular complexity index is 1250. The minimum absolute atomic E-state index is 0.132. The van der Waals surface area contributed by atoms with Gasteiger partial charge in [0.2, 0.25) is 0 Å². The van der Waals surface area contributed by atoms with Gasteiger partial charge in [-0.3, -0.25) is 9.59 Å². The highest BCUT2D eigenvalue weighted by molar-refractivity contribution is 6.02. The SMILES string of the molecule is N#C/C(=C\c1ccc(O)c(O)c1)C(=O)NCC1CCCC(CNC(=O)/C(C#N)=C/c2ccc(O)c(O)c2)C1. The van der Waals surface area contributed by atoms with Crippen LogP contribution in [0, 0.1) is 34.5 Å². The largest absolute Gasteiger partial charge is 0.504 e. The molecule has 2 atom stereocenters. The van der Waals surface area contributed by atoms with Crippen molar-refractivity contribution in [2.24, 2.45) is 11.8 Å². The molecule has 1 aliphatic rings. The lowest BCUT2D eigenvalue weighted by Gasteiger charge is -2.29. The number of nitrogens with zero attached hydrogens (tertiary/aromatic N) is 2. The average molecular weight is 517 g/mol. The molecular weight excluding hydrogens is 488 g/mol. The van der Waals surface area contributed by atoms with Crippen LogP contribution in [0.3, 0.4) is 0 Å². The minimum Gasteiger partial charge on any atom is -0.504 e. The van der Waals surface area contributed by atoms with Crippen LogP contribution in [0.25, 0.3) is 12.2 Å². The van der Waals surface area contributed by atoms with E-state index < -0.39 is 11.8 Å². The fourth-order valence-electron chi connectivity index (χ4n) is 4.33. The molecule has 0 heterocycles. The van der Waals surface area contributed by atoms with Gasteiger partial charge in [-0.2, -0.15) is 10.5 Å². The average Bonchev–Trinajstić information content (AvgIpc) is 2.91. The van der Waals surface area contributed by atoms with Crippen LogP contribution in [0.5, 0.6) is 23.0 Å². The van der Waals surface area contributed by atoms with Gasteiger partial charge < -0.3 is 31.1 Å². The smallest absolute Gasteiger partial charge is 0.261 e. The third-order valence-corrected chi connectivity index (χ3v) is 6.35. The van der Waals surface area contributed by atoms with Crippen molar-refractivity contribution in [2.45, 2.75) is 25.7 Å². The summed E-state index contributed by atoms with van der Waals surface area (Å²) in [6.07, 6.45) is 6.07. The van der Waals surface area contributed by atoms with Gasteiger partial charge in [0.25, 0.3) is 11.8 Å². The predicted octanol–water partition coefficient (Wildman–Crippen LogP) is 3.06. The Morgan fingerprint density at radius 2 is 1.18 bits per heavy atom. The number of rotatable bonds is 8. The van der Waals surface area contributed by atoms with E-state index in [9.17, 15) is 40.5 Å². The molecule has 6 N–H and O–H groups in total. The van der Waals surface area contributed by atoms with Crippen LogP contribution < -0.4 is 10.6 Å². The van der Waals surface area contributed by atoms with Crippen LogP contribution in [-0.2, 0) is 9.59 Å². The van der Waals surface area contributed by atoms with E-state index in [1.54, 1.807) is 0 Å². The number of phenols is 4. The third-order valence-electron chi connectivity index (χ3n) is 6.35. The number of hydrogen-bond donors (Lipinski definition) is 6. The monoisotopic (exact) mass is 516 g/mol. The highest BCUT2D eigenvalue weighted by atomic mass is 16.3. The zero-order valence-electron chi connectivity index (χ0n) is 20.5. The Hall–Kier alpha value is -4.96. The first kappa shape index (κ1) is 27.6. The lowest BCUT2D eigenvalue weighted by atomic mass is 9.81. The summed E-state index contributed by atoms with van der Waals surface area (Å²) in [5.41, 5.74) is 0.530. The zero-order chi connectivity index (χ0) is 27.7. The maximum Gasteiger partial charge on any atom is 0.261 e. The first-order valence-electron chi connectivity index (χ1n) is 12.0. The number of hydrogen-bond acceptors (Lipinski definition) is 8. The molecule has 0 aromatic heterocycles. The maximum atomic E-state index is 12.5. The quantitative estimate of drug-likeness (QED) is 0.175. The van der Waals surface area contributed by atoms with Crippen LogP contribution in [-0.4, -0.2) is 45.3 Å². The number of carbonyl (C=O) groups is 2. The highest BCUT2D eigenvalue weighted by Crippen LogP contribution is 2.29. The molecule has 2 aromatic carbocycles. The maximum absolute atomic E-state index is 12.5. The highest BCUT2D eigenvalue weighted by Gasteiger charge is 2.24. The Kier molecular flexibility index (Phi) is 9.33. The molecule has 2 amide bonds. The molecule has 3 rings (SSSR count). The van der Waals surface area contributed by atoms with Gasteiger partial charge in [0.05, 0.1) is 0 Å². The molecule has 1 aliphatic carbocycles. The normalized spacial score (nSPS) is 17.6. The molecule has 0 aliphatic heterocycles.